The van der Waals surface area contributed by atoms with Crippen LogP contribution < -0.4 is 10.6 Å². The van der Waals surface area contributed by atoms with E-state index in [0.29, 0.717) is 11.4 Å². The fraction of sp³-hybridized carbons (Fsp3) is 0.231. The van der Waals surface area contributed by atoms with Gasteiger partial charge >= 0.3 is 0 Å². The van der Waals surface area contributed by atoms with Crippen LogP contribution in [0.15, 0.2) is 36.5 Å². The smallest absolute Gasteiger partial charge is 0.263 e. The van der Waals surface area contributed by atoms with Crippen LogP contribution in [0.2, 0.25) is 0 Å². The van der Waals surface area contributed by atoms with Crippen molar-refractivity contribution in [2.75, 3.05) is 11.9 Å². The fourth-order valence-corrected chi connectivity index (χ4v) is 2.28. The van der Waals surface area contributed by atoms with Crippen LogP contribution in [0, 0.1) is 0 Å². The lowest BCUT2D eigenvalue weighted by atomic mass is 10.2. The van der Waals surface area contributed by atoms with Crippen LogP contribution in [-0.4, -0.2) is 17.4 Å². The molecular formula is C13H15N3OS. The quantitative estimate of drug-likeness (QED) is 0.869. The molecule has 1 aromatic heterocycles. The van der Waals surface area contributed by atoms with E-state index in [1.807, 2.05) is 37.3 Å². The minimum Gasteiger partial charge on any atom is -0.362 e. The first-order chi connectivity index (χ1) is 8.79. The van der Waals surface area contributed by atoms with Crippen molar-refractivity contribution in [3.8, 4) is 0 Å². The molecule has 0 aliphatic rings. The second kappa shape index (κ2) is 6.16. The van der Waals surface area contributed by atoms with Crippen molar-refractivity contribution in [1.82, 2.24) is 10.3 Å². The normalized spacial score (nSPS) is 10.1. The third-order valence-corrected chi connectivity index (χ3v) is 3.31. The lowest BCUT2D eigenvalue weighted by Crippen LogP contribution is -2.21. The Hall–Kier alpha value is -1.88. The van der Waals surface area contributed by atoms with E-state index in [-0.39, 0.29) is 5.91 Å². The van der Waals surface area contributed by atoms with Gasteiger partial charge in [0, 0.05) is 13.1 Å². The molecule has 2 N–H and O–H groups in total. The molecule has 94 valence electrons. The molecule has 2 aromatic rings. The highest BCUT2D eigenvalue weighted by Gasteiger charge is 2.09. The average Bonchev–Trinajstić information content (AvgIpc) is 2.86. The van der Waals surface area contributed by atoms with Gasteiger partial charge in [-0.2, -0.15) is 0 Å². The van der Waals surface area contributed by atoms with E-state index >= 15 is 0 Å². The average molecular weight is 261 g/mol. The van der Waals surface area contributed by atoms with Gasteiger partial charge in [-0.05, 0) is 12.5 Å². The molecule has 0 spiro atoms. The molecule has 1 aromatic carbocycles. The van der Waals surface area contributed by atoms with E-state index in [0.717, 1.165) is 17.2 Å². The van der Waals surface area contributed by atoms with E-state index in [4.69, 9.17) is 0 Å². The summed E-state index contributed by atoms with van der Waals surface area (Å²) in [6.45, 7) is 3.34. The zero-order valence-corrected chi connectivity index (χ0v) is 11.0. The fourth-order valence-electron chi connectivity index (χ4n) is 1.48. The standard InChI is InChI=1S/C13H15N3OS/c1-2-14-13-16-9-11(18-13)12(17)15-8-10-6-4-3-5-7-10/h3-7,9H,2,8H2,1H3,(H,14,16)(H,15,17). The zero-order chi connectivity index (χ0) is 12.8. The first kappa shape index (κ1) is 12.6. The number of nitrogens with one attached hydrogen (secondary N) is 2. The summed E-state index contributed by atoms with van der Waals surface area (Å²) in [5, 5.41) is 6.74. The number of rotatable bonds is 5. The van der Waals surface area contributed by atoms with Crippen LogP contribution in [0.3, 0.4) is 0 Å². The Labute approximate surface area is 110 Å². The summed E-state index contributed by atoms with van der Waals surface area (Å²) < 4.78 is 0. The van der Waals surface area contributed by atoms with Gasteiger partial charge in [0.2, 0.25) is 0 Å². The molecule has 1 heterocycles. The van der Waals surface area contributed by atoms with Crippen LogP contribution in [-0.2, 0) is 6.54 Å². The van der Waals surface area contributed by atoms with Crippen LogP contribution in [0.25, 0.3) is 0 Å². The summed E-state index contributed by atoms with van der Waals surface area (Å²) >= 11 is 1.37. The summed E-state index contributed by atoms with van der Waals surface area (Å²) in [6, 6.07) is 9.83. The Morgan fingerprint density at radius 2 is 2.11 bits per heavy atom. The largest absolute Gasteiger partial charge is 0.362 e. The predicted molar refractivity (Wildman–Crippen MR) is 73.9 cm³/mol. The van der Waals surface area contributed by atoms with E-state index in [1.54, 1.807) is 6.20 Å². The maximum atomic E-state index is 11.9. The molecule has 0 bridgehead atoms. The monoisotopic (exact) mass is 261 g/mol. The van der Waals surface area contributed by atoms with Gasteiger partial charge in [-0.25, -0.2) is 4.98 Å². The molecule has 0 unspecified atom stereocenters. The van der Waals surface area contributed by atoms with Crippen LogP contribution in [0.1, 0.15) is 22.2 Å². The van der Waals surface area contributed by atoms with Crippen molar-refractivity contribution in [3.63, 3.8) is 0 Å². The third kappa shape index (κ3) is 3.30. The SMILES string of the molecule is CCNc1ncc(C(=O)NCc2ccccc2)s1. The summed E-state index contributed by atoms with van der Waals surface area (Å²) in [6.07, 6.45) is 1.60. The first-order valence-corrected chi connectivity index (χ1v) is 6.63. The highest BCUT2D eigenvalue weighted by Crippen LogP contribution is 2.17. The van der Waals surface area contributed by atoms with E-state index in [9.17, 15) is 4.79 Å². The van der Waals surface area contributed by atoms with Gasteiger partial charge in [-0.15, -0.1) is 0 Å². The Morgan fingerprint density at radius 3 is 2.83 bits per heavy atom. The molecule has 0 saturated heterocycles. The number of carbonyl (C=O) groups excluding carboxylic acids is 1. The summed E-state index contributed by atoms with van der Waals surface area (Å²) in [5.74, 6) is -0.0829. The molecule has 1 amide bonds. The van der Waals surface area contributed by atoms with Gasteiger partial charge in [-0.1, -0.05) is 41.7 Å². The number of thiazole rings is 1. The van der Waals surface area contributed by atoms with Crippen LogP contribution in [0.4, 0.5) is 5.13 Å². The first-order valence-electron chi connectivity index (χ1n) is 5.81. The molecule has 0 radical (unpaired) electrons. The van der Waals surface area contributed by atoms with Crippen molar-refractivity contribution < 1.29 is 4.79 Å². The number of hydrogen-bond donors (Lipinski definition) is 2. The van der Waals surface area contributed by atoms with E-state index in [2.05, 4.69) is 15.6 Å². The second-order valence-corrected chi connectivity index (χ2v) is 4.76. The lowest BCUT2D eigenvalue weighted by molar-refractivity contribution is 0.0955. The molecule has 4 nitrogen and oxygen atoms in total. The predicted octanol–water partition coefficient (Wildman–Crippen LogP) is 2.50. The molecular weight excluding hydrogens is 246 g/mol. The second-order valence-electron chi connectivity index (χ2n) is 3.73. The molecule has 2 rings (SSSR count). The number of aromatic nitrogens is 1. The minimum absolute atomic E-state index is 0.0829. The van der Waals surface area contributed by atoms with Crippen LogP contribution in [0.5, 0.6) is 0 Å². The van der Waals surface area contributed by atoms with Gasteiger partial charge < -0.3 is 10.6 Å². The third-order valence-electron chi connectivity index (χ3n) is 2.35. The summed E-state index contributed by atoms with van der Waals surface area (Å²) in [5.41, 5.74) is 1.09. The minimum atomic E-state index is -0.0829. The number of hydrogen-bond acceptors (Lipinski definition) is 4. The maximum Gasteiger partial charge on any atom is 0.263 e. The van der Waals surface area contributed by atoms with Crippen molar-refractivity contribution in [3.05, 3.63) is 47.0 Å². The van der Waals surface area contributed by atoms with Crippen LogP contribution >= 0.6 is 11.3 Å². The van der Waals surface area contributed by atoms with Gasteiger partial charge in [0.1, 0.15) is 4.88 Å². The number of nitrogens with zero attached hydrogens (tertiary/aromatic N) is 1. The van der Waals surface area contributed by atoms with Crippen molar-refractivity contribution >= 4 is 22.4 Å². The maximum absolute atomic E-state index is 11.9. The van der Waals surface area contributed by atoms with E-state index < -0.39 is 0 Å². The van der Waals surface area contributed by atoms with Gasteiger partial charge in [0.25, 0.3) is 5.91 Å². The van der Waals surface area contributed by atoms with Gasteiger partial charge in [-0.3, -0.25) is 4.79 Å². The summed E-state index contributed by atoms with van der Waals surface area (Å²) in [4.78, 5) is 16.6. The Bertz CT molecular complexity index is 510. The van der Waals surface area contributed by atoms with Crippen molar-refractivity contribution in [2.45, 2.75) is 13.5 Å². The number of amides is 1. The molecule has 18 heavy (non-hydrogen) atoms. The van der Waals surface area contributed by atoms with Crippen molar-refractivity contribution in [2.24, 2.45) is 0 Å². The topological polar surface area (TPSA) is 54.0 Å². The van der Waals surface area contributed by atoms with E-state index in [1.165, 1.54) is 11.3 Å². The Balaban J connectivity index is 1.91. The molecule has 0 saturated carbocycles. The van der Waals surface area contributed by atoms with Gasteiger partial charge in [0.05, 0.1) is 6.20 Å². The molecule has 5 heteroatoms. The molecule has 0 aliphatic heterocycles. The Morgan fingerprint density at radius 1 is 1.33 bits per heavy atom. The Kier molecular flexibility index (Phi) is 4.30. The summed E-state index contributed by atoms with van der Waals surface area (Å²) in [7, 11) is 0. The number of anilines is 1. The molecule has 0 fully saturated rings. The zero-order valence-electron chi connectivity index (χ0n) is 10.1. The molecule has 0 atom stereocenters. The number of carbonyl (C=O) groups is 1. The highest BCUT2D eigenvalue weighted by molar-refractivity contribution is 7.17. The highest BCUT2D eigenvalue weighted by atomic mass is 32.1. The lowest BCUT2D eigenvalue weighted by Gasteiger charge is -2.02. The van der Waals surface area contributed by atoms with Crippen molar-refractivity contribution in [1.29, 1.82) is 0 Å². The number of benzene rings is 1. The van der Waals surface area contributed by atoms with Gasteiger partial charge in [0.15, 0.2) is 5.13 Å². The molecule has 0 aliphatic carbocycles.